The Hall–Kier alpha value is -1.15. The molecule has 0 aliphatic rings. The maximum atomic E-state index is 10.7. The molecule has 0 aliphatic carbocycles. The van der Waals surface area contributed by atoms with Crippen LogP contribution in [0, 0.1) is 0 Å². The highest BCUT2D eigenvalue weighted by molar-refractivity contribution is 9.10. The van der Waals surface area contributed by atoms with Crippen molar-refractivity contribution in [3.63, 3.8) is 0 Å². The summed E-state index contributed by atoms with van der Waals surface area (Å²) in [6.07, 6.45) is 0.884. The molecule has 0 N–H and O–H groups in total. The lowest BCUT2D eigenvalue weighted by Gasteiger charge is -2.01. The molecule has 0 aromatic heterocycles. The molecular formula is C13H13BrO. The number of hydrogen-bond acceptors (Lipinski definition) is 1. The Morgan fingerprint density at radius 2 is 1.60 bits per heavy atom. The normalized spacial score (nSPS) is 9.27. The molecule has 0 fully saturated rings. The van der Waals surface area contributed by atoms with E-state index >= 15 is 0 Å². The van der Waals surface area contributed by atoms with Crippen molar-refractivity contribution < 1.29 is 4.79 Å². The minimum atomic E-state index is 0.735. The van der Waals surface area contributed by atoms with Crippen LogP contribution >= 0.6 is 15.9 Å². The van der Waals surface area contributed by atoms with Gasteiger partial charge in [-0.15, -0.1) is 0 Å². The molecular weight excluding hydrogens is 252 g/mol. The van der Waals surface area contributed by atoms with E-state index in [0.29, 0.717) is 0 Å². The molecule has 2 aromatic carbocycles. The first-order valence-electron chi connectivity index (χ1n) is 4.95. The van der Waals surface area contributed by atoms with Crippen molar-refractivity contribution in [2.24, 2.45) is 0 Å². The van der Waals surface area contributed by atoms with E-state index < -0.39 is 0 Å². The van der Waals surface area contributed by atoms with Crippen molar-refractivity contribution in [2.75, 3.05) is 0 Å². The molecule has 0 aliphatic heterocycles. The summed E-state index contributed by atoms with van der Waals surface area (Å²) in [4.78, 5) is 10.7. The molecule has 0 saturated heterocycles. The number of carbonyl (C=O) groups excluding carboxylic acids is 1. The van der Waals surface area contributed by atoms with Crippen molar-refractivity contribution in [3.05, 3.63) is 46.4 Å². The van der Waals surface area contributed by atoms with Crippen molar-refractivity contribution in [1.29, 1.82) is 0 Å². The minimum absolute atomic E-state index is 0.735. The molecule has 0 unspecified atom stereocenters. The maximum Gasteiger partial charge on any atom is 0.150 e. The number of hydrogen-bond donors (Lipinski definition) is 0. The van der Waals surface area contributed by atoms with E-state index in [4.69, 9.17) is 0 Å². The molecule has 2 rings (SSSR count). The van der Waals surface area contributed by atoms with Gasteiger partial charge in [-0.3, -0.25) is 4.79 Å². The first kappa shape index (κ1) is 11.9. The summed E-state index contributed by atoms with van der Waals surface area (Å²) in [5.41, 5.74) is 0.735. The molecule has 2 heteroatoms. The van der Waals surface area contributed by atoms with Gasteiger partial charge in [0.1, 0.15) is 0 Å². The second-order valence-corrected chi connectivity index (χ2v) is 3.65. The van der Waals surface area contributed by atoms with Gasteiger partial charge in [0.2, 0.25) is 0 Å². The summed E-state index contributed by atoms with van der Waals surface area (Å²) in [6.45, 7) is 4.00. The highest BCUT2D eigenvalue weighted by Crippen LogP contribution is 2.25. The molecule has 78 valence electrons. The van der Waals surface area contributed by atoms with E-state index in [1.54, 1.807) is 0 Å². The number of carbonyl (C=O) groups is 1. The molecule has 0 atom stereocenters. The monoisotopic (exact) mass is 264 g/mol. The average Bonchev–Trinajstić information content (AvgIpc) is 2.33. The number of aldehydes is 1. The van der Waals surface area contributed by atoms with E-state index in [2.05, 4.69) is 15.9 Å². The van der Waals surface area contributed by atoms with Crippen molar-refractivity contribution >= 4 is 33.0 Å². The van der Waals surface area contributed by atoms with Gasteiger partial charge >= 0.3 is 0 Å². The van der Waals surface area contributed by atoms with Gasteiger partial charge in [0.15, 0.2) is 6.29 Å². The third-order valence-electron chi connectivity index (χ3n) is 2.03. The van der Waals surface area contributed by atoms with Gasteiger partial charge in [-0.1, -0.05) is 54.0 Å². The Labute approximate surface area is 98.2 Å². The third kappa shape index (κ3) is 2.45. The molecule has 0 saturated carbocycles. The highest BCUT2D eigenvalue weighted by atomic mass is 79.9. The van der Waals surface area contributed by atoms with Gasteiger partial charge < -0.3 is 0 Å². The van der Waals surface area contributed by atoms with Gasteiger partial charge in [-0.05, 0) is 22.9 Å². The first-order chi connectivity index (χ1) is 7.33. The molecule has 0 amide bonds. The summed E-state index contributed by atoms with van der Waals surface area (Å²) in [6, 6.07) is 11.5. The van der Waals surface area contributed by atoms with Gasteiger partial charge in [0.25, 0.3) is 0 Å². The topological polar surface area (TPSA) is 17.1 Å². The number of halogens is 1. The molecule has 0 bridgehead atoms. The Kier molecular flexibility index (Phi) is 4.50. The van der Waals surface area contributed by atoms with E-state index in [1.165, 1.54) is 0 Å². The molecule has 2 aromatic rings. The zero-order valence-corrected chi connectivity index (χ0v) is 10.4. The van der Waals surface area contributed by atoms with Crippen LogP contribution in [-0.2, 0) is 0 Å². The van der Waals surface area contributed by atoms with E-state index in [0.717, 1.165) is 27.1 Å². The average molecular weight is 265 g/mol. The standard InChI is InChI=1S/C11H7BrO.C2H6/c12-11-6-5-8(7-13)9-3-1-2-4-10(9)11;1-2/h1-7H;1-2H3. The van der Waals surface area contributed by atoms with Gasteiger partial charge in [0, 0.05) is 10.0 Å². The lowest BCUT2D eigenvalue weighted by atomic mass is 10.1. The van der Waals surface area contributed by atoms with Crippen LogP contribution in [-0.4, -0.2) is 6.29 Å². The van der Waals surface area contributed by atoms with Crippen LogP contribution in [0.4, 0.5) is 0 Å². The lowest BCUT2D eigenvalue weighted by molar-refractivity contribution is 0.112. The van der Waals surface area contributed by atoms with Crippen LogP contribution in [0.15, 0.2) is 40.9 Å². The molecule has 0 radical (unpaired) electrons. The van der Waals surface area contributed by atoms with E-state index in [1.807, 2.05) is 50.2 Å². The Morgan fingerprint density at radius 1 is 1.00 bits per heavy atom. The summed E-state index contributed by atoms with van der Waals surface area (Å²) < 4.78 is 1.02. The fourth-order valence-electron chi connectivity index (χ4n) is 1.39. The smallest absolute Gasteiger partial charge is 0.150 e. The Bertz CT molecular complexity index is 463. The maximum absolute atomic E-state index is 10.7. The lowest BCUT2D eigenvalue weighted by Crippen LogP contribution is -1.83. The Balaban J connectivity index is 0.000000531. The largest absolute Gasteiger partial charge is 0.298 e. The third-order valence-corrected chi connectivity index (χ3v) is 2.72. The molecule has 0 spiro atoms. The second-order valence-electron chi connectivity index (χ2n) is 2.80. The van der Waals surface area contributed by atoms with Crippen LogP contribution in [0.2, 0.25) is 0 Å². The van der Waals surface area contributed by atoms with Crippen LogP contribution < -0.4 is 0 Å². The quantitative estimate of drug-likeness (QED) is 0.696. The van der Waals surface area contributed by atoms with Crippen molar-refractivity contribution in [1.82, 2.24) is 0 Å². The van der Waals surface area contributed by atoms with Crippen LogP contribution in [0.3, 0.4) is 0 Å². The predicted molar refractivity (Wildman–Crippen MR) is 68.4 cm³/mol. The zero-order chi connectivity index (χ0) is 11.3. The van der Waals surface area contributed by atoms with Crippen molar-refractivity contribution in [3.8, 4) is 0 Å². The fraction of sp³-hybridized carbons (Fsp3) is 0.154. The van der Waals surface area contributed by atoms with Gasteiger partial charge in [-0.25, -0.2) is 0 Å². The SMILES string of the molecule is CC.O=Cc1ccc(Br)c2ccccc12. The molecule has 15 heavy (non-hydrogen) atoms. The number of benzene rings is 2. The number of rotatable bonds is 1. The van der Waals surface area contributed by atoms with E-state index in [9.17, 15) is 4.79 Å². The van der Waals surface area contributed by atoms with Gasteiger partial charge in [-0.2, -0.15) is 0 Å². The fourth-order valence-corrected chi connectivity index (χ4v) is 1.87. The van der Waals surface area contributed by atoms with E-state index in [-0.39, 0.29) is 0 Å². The van der Waals surface area contributed by atoms with Crippen LogP contribution in [0.1, 0.15) is 24.2 Å². The number of fused-ring (bicyclic) bond motifs is 1. The van der Waals surface area contributed by atoms with Crippen LogP contribution in [0.25, 0.3) is 10.8 Å². The van der Waals surface area contributed by atoms with Crippen LogP contribution in [0.5, 0.6) is 0 Å². The highest BCUT2D eigenvalue weighted by Gasteiger charge is 2.01. The minimum Gasteiger partial charge on any atom is -0.298 e. The van der Waals surface area contributed by atoms with Gasteiger partial charge in [0.05, 0.1) is 0 Å². The summed E-state index contributed by atoms with van der Waals surface area (Å²) in [5.74, 6) is 0. The summed E-state index contributed by atoms with van der Waals surface area (Å²) >= 11 is 3.44. The first-order valence-corrected chi connectivity index (χ1v) is 5.74. The molecule has 1 nitrogen and oxygen atoms in total. The zero-order valence-electron chi connectivity index (χ0n) is 8.83. The Morgan fingerprint density at radius 3 is 2.20 bits per heavy atom. The second kappa shape index (κ2) is 5.66. The predicted octanol–water partition coefficient (Wildman–Crippen LogP) is 4.44. The molecule has 0 heterocycles. The van der Waals surface area contributed by atoms with Crippen molar-refractivity contribution in [2.45, 2.75) is 13.8 Å². The summed E-state index contributed by atoms with van der Waals surface area (Å²) in [7, 11) is 0. The summed E-state index contributed by atoms with van der Waals surface area (Å²) in [5, 5.41) is 2.07.